The molecule has 0 aromatic rings. The quantitative estimate of drug-likeness (QED) is 0.438. The van der Waals surface area contributed by atoms with Crippen LogP contribution in [0.5, 0.6) is 0 Å². The Kier molecular flexibility index (Phi) is 7.39. The van der Waals surface area contributed by atoms with E-state index in [1.54, 1.807) is 0 Å². The Morgan fingerprint density at radius 2 is 1.84 bits per heavy atom. The third kappa shape index (κ3) is 6.79. The molecular formula is C15H28O3Si. The molecule has 0 rings (SSSR count). The van der Waals surface area contributed by atoms with Crippen molar-refractivity contribution in [3.8, 4) is 11.8 Å². The van der Waals surface area contributed by atoms with E-state index in [2.05, 4.69) is 45.7 Å². The molecule has 0 heterocycles. The first-order chi connectivity index (χ1) is 8.64. The molecule has 0 N–H and O–H groups in total. The van der Waals surface area contributed by atoms with Gasteiger partial charge in [-0.3, -0.25) is 4.79 Å². The van der Waals surface area contributed by atoms with Gasteiger partial charge in [0.25, 0.3) is 0 Å². The Labute approximate surface area is 119 Å². The van der Waals surface area contributed by atoms with E-state index in [1.807, 2.05) is 6.92 Å². The van der Waals surface area contributed by atoms with Gasteiger partial charge in [0, 0.05) is 12.8 Å². The largest absolute Gasteiger partial charge is 0.469 e. The molecule has 0 aromatic carbocycles. The number of carbonyl (C=O) groups is 1. The SMILES string of the molecule is CCC#CC[C@H](CC(=O)OC)O[Si](C)(C)C(C)(C)C. The van der Waals surface area contributed by atoms with Crippen LogP contribution in [0.1, 0.15) is 47.0 Å². The van der Waals surface area contributed by atoms with Gasteiger partial charge in [-0.05, 0) is 18.1 Å². The monoisotopic (exact) mass is 284 g/mol. The molecule has 0 bridgehead atoms. The van der Waals surface area contributed by atoms with E-state index in [9.17, 15) is 4.79 Å². The zero-order valence-corrected chi connectivity index (χ0v) is 14.4. The standard InChI is InChI=1S/C15H28O3Si/c1-8-9-10-11-13(12-14(16)17-5)18-19(6,7)15(2,3)4/h13H,8,11-12H2,1-7H3/t13-/m1/s1. The van der Waals surface area contributed by atoms with Crippen molar-refractivity contribution in [3.05, 3.63) is 0 Å². The van der Waals surface area contributed by atoms with Crippen LogP contribution in [0, 0.1) is 11.8 Å². The van der Waals surface area contributed by atoms with E-state index in [0.29, 0.717) is 6.42 Å². The highest BCUT2D eigenvalue weighted by atomic mass is 28.4. The van der Waals surface area contributed by atoms with Crippen LogP contribution in [-0.4, -0.2) is 27.5 Å². The number of methoxy groups -OCH3 is 1. The highest BCUT2D eigenvalue weighted by molar-refractivity contribution is 6.74. The molecule has 0 aromatic heterocycles. The molecule has 0 aliphatic rings. The molecule has 0 radical (unpaired) electrons. The van der Waals surface area contributed by atoms with Gasteiger partial charge in [-0.1, -0.05) is 27.7 Å². The Hall–Kier alpha value is -0.793. The minimum absolute atomic E-state index is 0.125. The average molecular weight is 284 g/mol. The van der Waals surface area contributed by atoms with Crippen molar-refractivity contribution in [2.75, 3.05) is 7.11 Å². The summed E-state index contributed by atoms with van der Waals surface area (Å²) in [4.78, 5) is 11.5. The van der Waals surface area contributed by atoms with Crippen molar-refractivity contribution in [1.82, 2.24) is 0 Å². The van der Waals surface area contributed by atoms with E-state index >= 15 is 0 Å². The van der Waals surface area contributed by atoms with Crippen molar-refractivity contribution in [2.45, 2.75) is 71.2 Å². The minimum atomic E-state index is -1.88. The highest BCUT2D eigenvalue weighted by Gasteiger charge is 2.39. The van der Waals surface area contributed by atoms with Crippen LogP contribution in [0.25, 0.3) is 0 Å². The van der Waals surface area contributed by atoms with Crippen LogP contribution in [0.4, 0.5) is 0 Å². The Bertz CT molecular complexity index is 345. The second-order valence-electron chi connectivity index (χ2n) is 6.19. The van der Waals surface area contributed by atoms with Gasteiger partial charge in [-0.2, -0.15) is 0 Å². The zero-order chi connectivity index (χ0) is 15.1. The van der Waals surface area contributed by atoms with Crippen molar-refractivity contribution >= 4 is 14.3 Å². The number of ether oxygens (including phenoxy) is 1. The maximum Gasteiger partial charge on any atom is 0.308 e. The maximum atomic E-state index is 11.5. The molecule has 110 valence electrons. The number of carbonyl (C=O) groups excluding carboxylic acids is 1. The predicted octanol–water partition coefficient (Wildman–Crippen LogP) is 3.74. The Balaban J connectivity index is 4.79. The van der Waals surface area contributed by atoms with E-state index in [4.69, 9.17) is 9.16 Å². The van der Waals surface area contributed by atoms with Gasteiger partial charge in [0.05, 0.1) is 19.6 Å². The van der Waals surface area contributed by atoms with Gasteiger partial charge in [0.1, 0.15) is 0 Å². The fourth-order valence-corrected chi connectivity index (χ4v) is 2.68. The number of esters is 1. The Morgan fingerprint density at radius 3 is 2.26 bits per heavy atom. The smallest absolute Gasteiger partial charge is 0.308 e. The first kappa shape index (κ1) is 18.2. The number of hydrogen-bond donors (Lipinski definition) is 0. The predicted molar refractivity (Wildman–Crippen MR) is 81.4 cm³/mol. The van der Waals surface area contributed by atoms with E-state index in [-0.39, 0.29) is 23.5 Å². The molecule has 19 heavy (non-hydrogen) atoms. The normalized spacial score (nSPS) is 13.4. The first-order valence-electron chi connectivity index (χ1n) is 6.84. The molecule has 0 saturated heterocycles. The molecule has 0 fully saturated rings. The van der Waals surface area contributed by atoms with Crippen LogP contribution < -0.4 is 0 Å². The fourth-order valence-electron chi connectivity index (χ4n) is 1.33. The van der Waals surface area contributed by atoms with Crippen molar-refractivity contribution < 1.29 is 14.0 Å². The summed E-state index contributed by atoms with van der Waals surface area (Å²) in [7, 11) is -0.477. The minimum Gasteiger partial charge on any atom is -0.469 e. The van der Waals surface area contributed by atoms with Gasteiger partial charge < -0.3 is 9.16 Å². The maximum absolute atomic E-state index is 11.5. The molecule has 0 unspecified atom stereocenters. The second-order valence-corrected chi connectivity index (χ2v) is 10.9. The van der Waals surface area contributed by atoms with Crippen molar-refractivity contribution in [1.29, 1.82) is 0 Å². The average Bonchev–Trinajstić information content (AvgIpc) is 2.27. The van der Waals surface area contributed by atoms with Gasteiger partial charge in [-0.25, -0.2) is 0 Å². The summed E-state index contributed by atoms with van der Waals surface area (Å²) in [5.41, 5.74) is 0. The molecule has 0 saturated carbocycles. The van der Waals surface area contributed by atoms with Crippen LogP contribution in [0.15, 0.2) is 0 Å². The van der Waals surface area contributed by atoms with Crippen molar-refractivity contribution in [3.63, 3.8) is 0 Å². The summed E-state index contributed by atoms with van der Waals surface area (Å²) in [6.07, 6.45) is 1.54. The lowest BCUT2D eigenvalue weighted by molar-refractivity contribution is -0.142. The second kappa shape index (κ2) is 7.71. The molecule has 0 aliphatic carbocycles. The van der Waals surface area contributed by atoms with E-state index in [0.717, 1.165) is 6.42 Å². The summed E-state index contributed by atoms with van der Waals surface area (Å²) >= 11 is 0. The summed E-state index contributed by atoms with van der Waals surface area (Å²) in [5.74, 6) is 5.87. The summed E-state index contributed by atoms with van der Waals surface area (Å²) in [5, 5.41) is 0.125. The van der Waals surface area contributed by atoms with Crippen LogP contribution in [0.3, 0.4) is 0 Å². The summed E-state index contributed by atoms with van der Waals surface area (Å²) in [6.45, 7) is 12.9. The number of rotatable bonds is 5. The molecular weight excluding hydrogens is 256 g/mol. The van der Waals surface area contributed by atoms with Crippen LogP contribution >= 0.6 is 0 Å². The molecule has 0 spiro atoms. The molecule has 4 heteroatoms. The van der Waals surface area contributed by atoms with Crippen molar-refractivity contribution in [2.24, 2.45) is 0 Å². The van der Waals surface area contributed by atoms with E-state index < -0.39 is 8.32 Å². The molecule has 0 amide bonds. The molecule has 0 aliphatic heterocycles. The van der Waals surface area contributed by atoms with Crippen LogP contribution in [0.2, 0.25) is 18.1 Å². The topological polar surface area (TPSA) is 35.5 Å². The lowest BCUT2D eigenvalue weighted by atomic mass is 10.2. The summed E-state index contributed by atoms with van der Waals surface area (Å²) in [6, 6.07) is 0. The lowest BCUT2D eigenvalue weighted by Gasteiger charge is -2.38. The Morgan fingerprint density at radius 1 is 1.26 bits per heavy atom. The summed E-state index contributed by atoms with van der Waals surface area (Å²) < 4.78 is 11.0. The van der Waals surface area contributed by atoms with Gasteiger partial charge >= 0.3 is 5.97 Å². The fraction of sp³-hybridized carbons (Fsp3) is 0.800. The third-order valence-corrected chi connectivity index (χ3v) is 8.06. The zero-order valence-electron chi connectivity index (χ0n) is 13.4. The van der Waals surface area contributed by atoms with Gasteiger partial charge in [0.2, 0.25) is 0 Å². The van der Waals surface area contributed by atoms with Gasteiger partial charge in [0.15, 0.2) is 8.32 Å². The van der Waals surface area contributed by atoms with Crippen LogP contribution in [-0.2, 0) is 14.0 Å². The molecule has 1 atom stereocenters. The third-order valence-electron chi connectivity index (χ3n) is 3.52. The van der Waals surface area contributed by atoms with E-state index in [1.165, 1.54) is 7.11 Å². The molecule has 3 nitrogen and oxygen atoms in total. The lowest BCUT2D eigenvalue weighted by Crippen LogP contribution is -2.44. The number of hydrogen-bond acceptors (Lipinski definition) is 3. The first-order valence-corrected chi connectivity index (χ1v) is 9.75. The van der Waals surface area contributed by atoms with Gasteiger partial charge in [-0.15, -0.1) is 11.8 Å². The highest BCUT2D eigenvalue weighted by Crippen LogP contribution is 2.37.